The maximum Gasteiger partial charge on any atom is 0.272 e. The number of benzene rings is 2. The van der Waals surface area contributed by atoms with Crippen molar-refractivity contribution in [1.82, 2.24) is 0 Å². The molecular weight excluding hydrogens is 323 g/mol. The molecule has 0 radical (unpaired) electrons. The first kappa shape index (κ1) is 15.3. The number of aryl methyl sites for hydroxylation is 1. The number of nitro groups is 1. The number of nitrogens with zero attached hydrogens (tertiary/aromatic N) is 1. The molecule has 0 saturated carbocycles. The monoisotopic (exact) mass is 336 g/mol. The van der Waals surface area contributed by atoms with E-state index in [0.29, 0.717) is 22.2 Å². The Bertz CT molecular complexity index is 741. The second-order valence-electron chi connectivity index (χ2n) is 5.48. The van der Waals surface area contributed by atoms with Gasteiger partial charge in [0.2, 0.25) is 0 Å². The highest BCUT2D eigenvalue weighted by atomic mass is 35.5. The molecule has 4 nitrogen and oxygen atoms in total. The number of hydrogen-bond donors (Lipinski definition) is 1. The molecule has 3 rings (SSSR count). The van der Waals surface area contributed by atoms with Crippen LogP contribution in [0.2, 0.25) is 10.0 Å². The second-order valence-corrected chi connectivity index (χ2v) is 6.30. The highest BCUT2D eigenvalue weighted by Gasteiger charge is 2.42. The molecule has 1 aliphatic carbocycles. The molecule has 114 valence electrons. The van der Waals surface area contributed by atoms with E-state index in [1.807, 2.05) is 18.2 Å². The van der Waals surface area contributed by atoms with Crippen LogP contribution in [0.5, 0.6) is 0 Å². The Morgan fingerprint density at radius 3 is 2.45 bits per heavy atom. The van der Waals surface area contributed by atoms with Crippen LogP contribution in [0.25, 0.3) is 0 Å². The minimum atomic E-state index is -0.501. The third kappa shape index (κ3) is 2.19. The van der Waals surface area contributed by atoms with Gasteiger partial charge in [-0.25, -0.2) is 0 Å². The molecule has 6 heteroatoms. The highest BCUT2D eigenvalue weighted by Crippen LogP contribution is 2.49. The van der Waals surface area contributed by atoms with Crippen LogP contribution in [0.4, 0.5) is 5.69 Å². The van der Waals surface area contributed by atoms with Crippen molar-refractivity contribution in [1.29, 1.82) is 0 Å². The van der Waals surface area contributed by atoms with Crippen molar-refractivity contribution in [2.45, 2.75) is 18.3 Å². The van der Waals surface area contributed by atoms with Crippen LogP contribution in [-0.2, 0) is 11.8 Å². The molecule has 0 aromatic heterocycles. The molecule has 1 aliphatic rings. The lowest BCUT2D eigenvalue weighted by atomic mass is 9.75. The molecule has 0 aliphatic heterocycles. The third-order valence-corrected chi connectivity index (χ3v) is 5.01. The standard InChI is InChI=1S/C16H14Cl2N2O2/c17-13-7-11(20(21)22)8-14(18)15(13)16(9-19)6-5-10-3-1-2-4-12(10)16/h1-4,7-8H,5-6,9,19H2. The van der Waals surface area contributed by atoms with Gasteiger partial charge in [0.05, 0.1) is 15.0 Å². The molecular formula is C16H14Cl2N2O2. The Labute approximate surface area is 138 Å². The van der Waals surface area contributed by atoms with Crippen LogP contribution < -0.4 is 5.73 Å². The number of nitro benzene ring substituents is 1. The van der Waals surface area contributed by atoms with Gasteiger partial charge in [-0.1, -0.05) is 47.5 Å². The van der Waals surface area contributed by atoms with E-state index >= 15 is 0 Å². The molecule has 0 heterocycles. The van der Waals surface area contributed by atoms with Gasteiger partial charge in [0.25, 0.3) is 5.69 Å². The first-order valence-corrected chi connectivity index (χ1v) is 7.67. The lowest BCUT2D eigenvalue weighted by molar-refractivity contribution is -0.384. The van der Waals surface area contributed by atoms with Crippen LogP contribution in [-0.4, -0.2) is 11.5 Å². The quantitative estimate of drug-likeness (QED) is 0.677. The van der Waals surface area contributed by atoms with Crippen molar-refractivity contribution in [3.8, 4) is 0 Å². The third-order valence-electron chi connectivity index (χ3n) is 4.42. The van der Waals surface area contributed by atoms with E-state index in [9.17, 15) is 10.1 Å². The molecule has 22 heavy (non-hydrogen) atoms. The van der Waals surface area contributed by atoms with E-state index in [1.165, 1.54) is 17.7 Å². The fraction of sp³-hybridized carbons (Fsp3) is 0.250. The number of non-ortho nitro benzene ring substituents is 1. The van der Waals surface area contributed by atoms with Gasteiger partial charge in [0.1, 0.15) is 0 Å². The Hall–Kier alpha value is -1.62. The Kier molecular flexibility index (Phi) is 3.85. The maximum atomic E-state index is 10.9. The highest BCUT2D eigenvalue weighted by molar-refractivity contribution is 6.36. The van der Waals surface area contributed by atoms with Crippen LogP contribution in [0, 0.1) is 10.1 Å². The summed E-state index contributed by atoms with van der Waals surface area (Å²) >= 11 is 12.7. The van der Waals surface area contributed by atoms with Crippen LogP contribution in [0.1, 0.15) is 23.1 Å². The largest absolute Gasteiger partial charge is 0.329 e. The minimum absolute atomic E-state index is 0.114. The smallest absolute Gasteiger partial charge is 0.272 e. The molecule has 0 amide bonds. The van der Waals surface area contributed by atoms with E-state index in [-0.39, 0.29) is 5.69 Å². The Balaban J connectivity index is 2.24. The molecule has 0 saturated heterocycles. The summed E-state index contributed by atoms with van der Waals surface area (Å²) in [6, 6.07) is 10.7. The average Bonchev–Trinajstić information content (AvgIpc) is 2.86. The number of hydrogen-bond acceptors (Lipinski definition) is 3. The van der Waals surface area contributed by atoms with Crippen molar-refractivity contribution in [2.24, 2.45) is 5.73 Å². The zero-order chi connectivity index (χ0) is 15.9. The van der Waals surface area contributed by atoms with Gasteiger partial charge in [-0.05, 0) is 24.0 Å². The van der Waals surface area contributed by atoms with Crippen LogP contribution >= 0.6 is 23.2 Å². The van der Waals surface area contributed by atoms with Gasteiger partial charge in [0, 0.05) is 29.7 Å². The molecule has 0 spiro atoms. The van der Waals surface area contributed by atoms with E-state index in [0.717, 1.165) is 18.4 Å². The SMILES string of the molecule is NCC1(c2c(Cl)cc([N+](=O)[O-])cc2Cl)CCc2ccccc21. The van der Waals surface area contributed by atoms with Crippen molar-refractivity contribution >= 4 is 28.9 Å². The van der Waals surface area contributed by atoms with Gasteiger partial charge in [-0.2, -0.15) is 0 Å². The summed E-state index contributed by atoms with van der Waals surface area (Å²) in [4.78, 5) is 10.4. The van der Waals surface area contributed by atoms with E-state index in [2.05, 4.69) is 6.07 Å². The summed E-state index contributed by atoms with van der Waals surface area (Å²) in [5, 5.41) is 11.5. The summed E-state index contributed by atoms with van der Waals surface area (Å²) in [5.41, 5.74) is 8.52. The average molecular weight is 337 g/mol. The first-order chi connectivity index (χ1) is 10.5. The summed E-state index contributed by atoms with van der Waals surface area (Å²) in [7, 11) is 0. The van der Waals surface area contributed by atoms with Gasteiger partial charge in [0.15, 0.2) is 0 Å². The van der Waals surface area contributed by atoms with E-state index < -0.39 is 10.3 Å². The molecule has 0 fully saturated rings. The summed E-state index contributed by atoms with van der Waals surface area (Å²) in [5.74, 6) is 0. The lowest BCUT2D eigenvalue weighted by Gasteiger charge is -2.31. The Morgan fingerprint density at radius 2 is 1.86 bits per heavy atom. The Morgan fingerprint density at radius 1 is 1.23 bits per heavy atom. The minimum Gasteiger partial charge on any atom is -0.329 e. The molecule has 2 aromatic carbocycles. The normalized spacial score (nSPS) is 20.0. The number of halogens is 2. The summed E-state index contributed by atoms with van der Waals surface area (Å²) < 4.78 is 0. The molecule has 2 aromatic rings. The zero-order valence-corrected chi connectivity index (χ0v) is 13.2. The fourth-order valence-electron chi connectivity index (χ4n) is 3.38. The summed E-state index contributed by atoms with van der Waals surface area (Å²) in [6.45, 7) is 0.348. The predicted octanol–water partition coefficient (Wildman–Crippen LogP) is 4.09. The molecule has 1 unspecified atom stereocenters. The lowest BCUT2D eigenvalue weighted by Crippen LogP contribution is -2.34. The van der Waals surface area contributed by atoms with Gasteiger partial charge in [-0.15, -0.1) is 0 Å². The number of fused-ring (bicyclic) bond motifs is 1. The van der Waals surface area contributed by atoms with Crippen molar-refractivity contribution in [3.63, 3.8) is 0 Å². The summed E-state index contributed by atoms with van der Waals surface area (Å²) in [6.07, 6.45) is 1.68. The fourth-order valence-corrected chi connectivity index (χ4v) is 4.22. The molecule has 2 N–H and O–H groups in total. The predicted molar refractivity (Wildman–Crippen MR) is 87.7 cm³/mol. The second kappa shape index (κ2) is 5.54. The molecule has 1 atom stereocenters. The van der Waals surface area contributed by atoms with Gasteiger partial charge < -0.3 is 5.73 Å². The van der Waals surface area contributed by atoms with Crippen molar-refractivity contribution in [2.75, 3.05) is 6.54 Å². The molecule has 0 bridgehead atoms. The van der Waals surface area contributed by atoms with E-state index in [4.69, 9.17) is 28.9 Å². The topological polar surface area (TPSA) is 69.2 Å². The van der Waals surface area contributed by atoms with Crippen LogP contribution in [0.3, 0.4) is 0 Å². The van der Waals surface area contributed by atoms with Gasteiger partial charge >= 0.3 is 0 Å². The van der Waals surface area contributed by atoms with E-state index in [1.54, 1.807) is 0 Å². The first-order valence-electron chi connectivity index (χ1n) is 6.92. The number of rotatable bonds is 3. The van der Waals surface area contributed by atoms with Crippen LogP contribution in [0.15, 0.2) is 36.4 Å². The zero-order valence-electron chi connectivity index (χ0n) is 11.7. The van der Waals surface area contributed by atoms with Gasteiger partial charge in [-0.3, -0.25) is 10.1 Å². The van der Waals surface area contributed by atoms with Crippen molar-refractivity contribution in [3.05, 3.63) is 73.2 Å². The maximum absolute atomic E-state index is 10.9. The van der Waals surface area contributed by atoms with Crippen molar-refractivity contribution < 1.29 is 4.92 Å². The number of nitrogens with two attached hydrogens (primary N) is 1.